The lowest BCUT2D eigenvalue weighted by Gasteiger charge is -2.06. The maximum atomic E-state index is 12.0. The standard InChI is InChI=1S/C16H20N2O3S/c1-12(2)8-17-15(19)11-22(20)10-14-9-21-16(18-14)13-6-4-3-5-7-13/h3-7,9,12H,8,10-11H2,1-2H3,(H,17,19)/t22-/m1/s1. The first-order valence-corrected chi connectivity index (χ1v) is 8.65. The first-order chi connectivity index (χ1) is 10.5. The minimum atomic E-state index is -1.29. The minimum absolute atomic E-state index is 0.0136. The molecular formula is C16H20N2O3S. The Balaban J connectivity index is 1.87. The van der Waals surface area contributed by atoms with E-state index in [1.807, 2.05) is 44.2 Å². The van der Waals surface area contributed by atoms with Gasteiger partial charge < -0.3 is 9.73 Å². The predicted octanol–water partition coefficient (Wildman–Crippen LogP) is 2.36. The van der Waals surface area contributed by atoms with Crippen LogP contribution in [0.25, 0.3) is 11.5 Å². The molecule has 0 bridgehead atoms. The Bertz CT molecular complexity index is 638. The van der Waals surface area contributed by atoms with Gasteiger partial charge in [0.1, 0.15) is 12.0 Å². The highest BCUT2D eigenvalue weighted by atomic mass is 32.2. The lowest BCUT2D eigenvalue weighted by atomic mass is 10.2. The molecule has 6 heteroatoms. The number of nitrogens with one attached hydrogen (secondary N) is 1. The molecule has 1 aromatic heterocycles. The first-order valence-electron chi connectivity index (χ1n) is 7.16. The fourth-order valence-electron chi connectivity index (χ4n) is 1.82. The van der Waals surface area contributed by atoms with Crippen molar-refractivity contribution in [3.63, 3.8) is 0 Å². The molecule has 0 saturated carbocycles. The third-order valence-corrected chi connectivity index (χ3v) is 4.08. The second-order valence-corrected chi connectivity index (χ2v) is 6.89. The van der Waals surface area contributed by atoms with Gasteiger partial charge in [0.2, 0.25) is 11.8 Å². The van der Waals surface area contributed by atoms with E-state index < -0.39 is 10.8 Å². The van der Waals surface area contributed by atoms with E-state index in [0.717, 1.165) is 5.56 Å². The Labute approximate surface area is 132 Å². The van der Waals surface area contributed by atoms with Crippen molar-refractivity contribution in [2.45, 2.75) is 19.6 Å². The van der Waals surface area contributed by atoms with Gasteiger partial charge in [0.05, 0.1) is 11.4 Å². The SMILES string of the molecule is CC(C)CNC(=O)C[S@](=O)Cc1coc(-c2ccccc2)n1. The number of carbonyl (C=O) groups is 1. The van der Waals surface area contributed by atoms with Gasteiger partial charge in [-0.05, 0) is 18.1 Å². The highest BCUT2D eigenvalue weighted by molar-refractivity contribution is 7.84. The molecule has 5 nitrogen and oxygen atoms in total. The van der Waals surface area contributed by atoms with Crippen molar-refractivity contribution in [2.24, 2.45) is 5.92 Å². The zero-order valence-corrected chi connectivity index (χ0v) is 13.6. The summed E-state index contributed by atoms with van der Waals surface area (Å²) >= 11 is 0. The van der Waals surface area contributed by atoms with E-state index in [-0.39, 0.29) is 17.4 Å². The molecule has 0 spiro atoms. The average molecular weight is 320 g/mol. The molecule has 22 heavy (non-hydrogen) atoms. The van der Waals surface area contributed by atoms with E-state index in [9.17, 15) is 9.00 Å². The highest BCUT2D eigenvalue weighted by Gasteiger charge is 2.12. The van der Waals surface area contributed by atoms with Gasteiger partial charge in [0, 0.05) is 22.9 Å². The van der Waals surface area contributed by atoms with Crippen LogP contribution in [0.2, 0.25) is 0 Å². The molecule has 1 heterocycles. The van der Waals surface area contributed by atoms with Gasteiger partial charge in [-0.3, -0.25) is 9.00 Å². The quantitative estimate of drug-likeness (QED) is 0.850. The summed E-state index contributed by atoms with van der Waals surface area (Å²) in [5.41, 5.74) is 1.46. The second-order valence-electron chi connectivity index (χ2n) is 5.44. The lowest BCUT2D eigenvalue weighted by Crippen LogP contribution is -2.31. The van der Waals surface area contributed by atoms with Gasteiger partial charge >= 0.3 is 0 Å². The molecule has 0 aliphatic rings. The monoisotopic (exact) mass is 320 g/mol. The van der Waals surface area contributed by atoms with E-state index in [1.54, 1.807) is 0 Å². The zero-order chi connectivity index (χ0) is 15.9. The largest absolute Gasteiger partial charge is 0.444 e. The van der Waals surface area contributed by atoms with Crippen molar-refractivity contribution in [1.82, 2.24) is 10.3 Å². The van der Waals surface area contributed by atoms with Gasteiger partial charge in [-0.2, -0.15) is 0 Å². The van der Waals surface area contributed by atoms with E-state index in [1.165, 1.54) is 6.26 Å². The van der Waals surface area contributed by atoms with Crippen LogP contribution in [0.1, 0.15) is 19.5 Å². The Morgan fingerprint density at radius 3 is 2.73 bits per heavy atom. The van der Waals surface area contributed by atoms with Gasteiger partial charge in [-0.15, -0.1) is 0 Å². The Morgan fingerprint density at radius 1 is 1.32 bits per heavy atom. The molecule has 0 saturated heterocycles. The van der Waals surface area contributed by atoms with Crippen molar-refractivity contribution in [2.75, 3.05) is 12.3 Å². The Kier molecular flexibility index (Phi) is 5.89. The number of hydrogen-bond donors (Lipinski definition) is 1. The maximum absolute atomic E-state index is 12.0. The average Bonchev–Trinajstić information content (AvgIpc) is 2.94. The number of hydrogen-bond acceptors (Lipinski definition) is 4. The lowest BCUT2D eigenvalue weighted by molar-refractivity contribution is -0.118. The van der Waals surface area contributed by atoms with Gasteiger partial charge in [0.15, 0.2) is 0 Å². The highest BCUT2D eigenvalue weighted by Crippen LogP contribution is 2.18. The van der Waals surface area contributed by atoms with Crippen LogP contribution in [0.5, 0.6) is 0 Å². The molecule has 2 rings (SSSR count). The molecule has 1 N–H and O–H groups in total. The molecule has 0 unspecified atom stereocenters. The summed E-state index contributed by atoms with van der Waals surface area (Å²) in [5, 5.41) is 2.75. The molecule has 118 valence electrons. The number of aromatic nitrogens is 1. The summed E-state index contributed by atoms with van der Waals surface area (Å²) < 4.78 is 17.4. The number of benzene rings is 1. The molecule has 1 aromatic carbocycles. The summed E-state index contributed by atoms with van der Waals surface area (Å²) in [4.78, 5) is 15.9. The number of nitrogens with zero attached hydrogens (tertiary/aromatic N) is 1. The van der Waals surface area contributed by atoms with Crippen LogP contribution in [0, 0.1) is 5.92 Å². The third-order valence-electron chi connectivity index (χ3n) is 2.88. The summed E-state index contributed by atoms with van der Waals surface area (Å²) in [7, 11) is -1.29. The molecule has 0 radical (unpaired) electrons. The number of carbonyl (C=O) groups excluding carboxylic acids is 1. The normalized spacial score (nSPS) is 12.3. The van der Waals surface area contributed by atoms with Crippen LogP contribution >= 0.6 is 0 Å². The molecule has 0 aliphatic carbocycles. The maximum Gasteiger partial charge on any atom is 0.232 e. The summed E-state index contributed by atoms with van der Waals surface area (Å²) in [5.74, 6) is 0.878. The Hall–Kier alpha value is -1.95. The predicted molar refractivity (Wildman–Crippen MR) is 86.5 cm³/mol. The van der Waals surface area contributed by atoms with Crippen LogP contribution in [0.15, 0.2) is 41.0 Å². The summed E-state index contributed by atoms with van der Waals surface area (Å²) in [6.45, 7) is 4.62. The molecule has 1 atom stereocenters. The molecule has 0 aliphatic heterocycles. The van der Waals surface area contributed by atoms with Crippen molar-refractivity contribution < 1.29 is 13.4 Å². The van der Waals surface area contributed by atoms with Crippen LogP contribution in [-0.2, 0) is 21.3 Å². The molecular weight excluding hydrogens is 300 g/mol. The van der Waals surface area contributed by atoms with Crippen molar-refractivity contribution in [3.05, 3.63) is 42.3 Å². The van der Waals surface area contributed by atoms with Gasteiger partial charge in [-0.1, -0.05) is 32.0 Å². The third kappa shape index (κ3) is 5.11. The van der Waals surface area contributed by atoms with E-state index in [0.29, 0.717) is 24.0 Å². The minimum Gasteiger partial charge on any atom is -0.444 e. The molecule has 1 amide bonds. The fourth-order valence-corrected chi connectivity index (χ4v) is 2.78. The van der Waals surface area contributed by atoms with Crippen molar-refractivity contribution in [3.8, 4) is 11.5 Å². The molecule has 2 aromatic rings. The molecule has 0 fully saturated rings. The topological polar surface area (TPSA) is 72.2 Å². The van der Waals surface area contributed by atoms with E-state index in [4.69, 9.17) is 4.42 Å². The van der Waals surface area contributed by atoms with Crippen LogP contribution < -0.4 is 5.32 Å². The van der Waals surface area contributed by atoms with Crippen LogP contribution in [0.3, 0.4) is 0 Å². The second kappa shape index (κ2) is 7.89. The van der Waals surface area contributed by atoms with Crippen LogP contribution in [-0.4, -0.2) is 27.4 Å². The van der Waals surface area contributed by atoms with Crippen molar-refractivity contribution >= 4 is 16.7 Å². The van der Waals surface area contributed by atoms with E-state index >= 15 is 0 Å². The first kappa shape index (κ1) is 16.4. The van der Waals surface area contributed by atoms with Gasteiger partial charge in [0.25, 0.3) is 0 Å². The number of amides is 1. The van der Waals surface area contributed by atoms with Crippen molar-refractivity contribution in [1.29, 1.82) is 0 Å². The number of rotatable bonds is 7. The fraction of sp³-hybridized carbons (Fsp3) is 0.375. The summed E-state index contributed by atoms with van der Waals surface area (Å²) in [6.07, 6.45) is 1.49. The zero-order valence-electron chi connectivity index (χ0n) is 12.7. The number of oxazole rings is 1. The van der Waals surface area contributed by atoms with Crippen LogP contribution in [0.4, 0.5) is 0 Å². The smallest absolute Gasteiger partial charge is 0.232 e. The van der Waals surface area contributed by atoms with Gasteiger partial charge in [-0.25, -0.2) is 4.98 Å². The van der Waals surface area contributed by atoms with E-state index in [2.05, 4.69) is 10.3 Å². The summed E-state index contributed by atoms with van der Waals surface area (Å²) in [6, 6.07) is 9.50. The Morgan fingerprint density at radius 2 is 2.05 bits per heavy atom.